The van der Waals surface area contributed by atoms with Crippen molar-refractivity contribution in [3.63, 3.8) is 0 Å². The molecule has 8 heteroatoms. The highest BCUT2D eigenvalue weighted by Gasteiger charge is 2.21. The van der Waals surface area contributed by atoms with Crippen LogP contribution in [0.5, 0.6) is 11.5 Å². The van der Waals surface area contributed by atoms with Crippen molar-refractivity contribution in [3.05, 3.63) is 95.1 Å². The van der Waals surface area contributed by atoms with Crippen molar-refractivity contribution in [1.29, 1.82) is 0 Å². The number of benzene rings is 3. The first kappa shape index (κ1) is 25.3. The number of esters is 3. The molecule has 0 N–H and O–H groups in total. The third-order valence-corrected chi connectivity index (χ3v) is 5.01. The number of aryl methyl sites for hydroxylation is 1. The minimum absolute atomic E-state index is 0.266. The summed E-state index contributed by atoms with van der Waals surface area (Å²) in [4.78, 5) is 37.5. The first-order valence-electron chi connectivity index (χ1n) is 10.8. The highest BCUT2D eigenvalue weighted by molar-refractivity contribution is 5.91. The largest absolute Gasteiger partial charge is 0.497 e. The number of rotatable bonds is 10. The average Bonchev–Trinajstić information content (AvgIpc) is 2.90. The lowest BCUT2D eigenvalue weighted by Gasteiger charge is -2.18. The molecule has 0 bridgehead atoms. The number of carbonyl (C=O) groups is 3. The van der Waals surface area contributed by atoms with Gasteiger partial charge in [0.05, 0.1) is 30.9 Å². The van der Waals surface area contributed by atoms with Crippen molar-refractivity contribution >= 4 is 17.9 Å². The van der Waals surface area contributed by atoms with Gasteiger partial charge in [-0.05, 0) is 67.6 Å². The Labute approximate surface area is 203 Å². The number of ether oxygens (including phenoxy) is 5. The molecule has 0 saturated carbocycles. The Bertz CT molecular complexity index is 1140. The molecular formula is C27H26O8. The minimum atomic E-state index is -1.03. The standard InChI is InChI=1S/C27H26O8/c1-18-4-6-19(7-5-18)25(28)33-16-24(35-27(30)21-10-14-23(32-3)15-11-21)17-34-26(29)20-8-12-22(31-2)13-9-20/h4-15,24H,16-17H2,1-3H3. The molecule has 0 spiro atoms. The normalized spacial score (nSPS) is 11.2. The smallest absolute Gasteiger partial charge is 0.338 e. The van der Waals surface area contributed by atoms with Crippen LogP contribution in [0.2, 0.25) is 0 Å². The van der Waals surface area contributed by atoms with E-state index in [0.29, 0.717) is 22.6 Å². The van der Waals surface area contributed by atoms with E-state index in [1.165, 1.54) is 14.2 Å². The van der Waals surface area contributed by atoms with E-state index in [9.17, 15) is 14.4 Å². The van der Waals surface area contributed by atoms with Crippen LogP contribution in [0.25, 0.3) is 0 Å². The Morgan fingerprint density at radius 2 is 0.971 bits per heavy atom. The zero-order valence-electron chi connectivity index (χ0n) is 19.7. The maximum atomic E-state index is 12.6. The number of hydrogen-bond acceptors (Lipinski definition) is 8. The maximum Gasteiger partial charge on any atom is 0.338 e. The van der Waals surface area contributed by atoms with Crippen LogP contribution in [-0.4, -0.2) is 51.4 Å². The van der Waals surface area contributed by atoms with E-state index in [2.05, 4.69) is 0 Å². The summed E-state index contributed by atoms with van der Waals surface area (Å²) in [6.07, 6.45) is -1.03. The average molecular weight is 478 g/mol. The summed E-state index contributed by atoms with van der Waals surface area (Å²) < 4.78 is 26.3. The van der Waals surface area contributed by atoms with Crippen LogP contribution in [0.1, 0.15) is 36.6 Å². The van der Waals surface area contributed by atoms with E-state index in [0.717, 1.165) is 5.56 Å². The highest BCUT2D eigenvalue weighted by atomic mass is 16.6. The summed E-state index contributed by atoms with van der Waals surface area (Å²) in [7, 11) is 3.04. The Morgan fingerprint density at radius 1 is 0.600 bits per heavy atom. The Balaban J connectivity index is 1.66. The van der Waals surface area contributed by atoms with Gasteiger partial charge in [0, 0.05) is 0 Å². The van der Waals surface area contributed by atoms with Crippen LogP contribution >= 0.6 is 0 Å². The lowest BCUT2D eigenvalue weighted by Crippen LogP contribution is -2.31. The summed E-state index contributed by atoms with van der Waals surface area (Å²) >= 11 is 0. The van der Waals surface area contributed by atoms with Gasteiger partial charge in [0.1, 0.15) is 24.7 Å². The minimum Gasteiger partial charge on any atom is -0.497 e. The molecule has 1 atom stereocenters. The molecule has 182 valence electrons. The molecule has 8 nitrogen and oxygen atoms in total. The van der Waals surface area contributed by atoms with Crippen LogP contribution in [0.4, 0.5) is 0 Å². The molecule has 35 heavy (non-hydrogen) atoms. The van der Waals surface area contributed by atoms with E-state index in [1.807, 2.05) is 6.92 Å². The molecule has 0 saturated heterocycles. The van der Waals surface area contributed by atoms with Crippen molar-refractivity contribution in [1.82, 2.24) is 0 Å². The fraction of sp³-hybridized carbons (Fsp3) is 0.222. The van der Waals surface area contributed by atoms with Crippen molar-refractivity contribution in [2.75, 3.05) is 27.4 Å². The van der Waals surface area contributed by atoms with E-state index in [-0.39, 0.29) is 18.8 Å². The zero-order valence-corrected chi connectivity index (χ0v) is 19.7. The molecule has 3 rings (SSSR count). The number of methoxy groups -OCH3 is 2. The molecule has 0 amide bonds. The van der Waals surface area contributed by atoms with Gasteiger partial charge in [0.25, 0.3) is 0 Å². The fourth-order valence-electron chi connectivity index (χ4n) is 2.98. The van der Waals surface area contributed by atoms with Gasteiger partial charge < -0.3 is 23.7 Å². The van der Waals surface area contributed by atoms with Gasteiger partial charge in [0.2, 0.25) is 0 Å². The Morgan fingerprint density at radius 3 is 1.37 bits per heavy atom. The van der Waals surface area contributed by atoms with Crippen molar-refractivity contribution in [2.45, 2.75) is 13.0 Å². The van der Waals surface area contributed by atoms with Gasteiger partial charge in [-0.25, -0.2) is 14.4 Å². The SMILES string of the molecule is COc1ccc(C(=O)OCC(COC(=O)c2ccc(C)cc2)OC(=O)c2ccc(OC)cc2)cc1. The molecule has 3 aromatic carbocycles. The van der Waals surface area contributed by atoms with E-state index >= 15 is 0 Å². The third-order valence-electron chi connectivity index (χ3n) is 5.01. The summed E-state index contributed by atoms with van der Waals surface area (Å²) in [6.45, 7) is 1.29. The molecule has 3 aromatic rings. The lowest BCUT2D eigenvalue weighted by atomic mass is 10.1. The van der Waals surface area contributed by atoms with Crippen LogP contribution in [-0.2, 0) is 14.2 Å². The van der Waals surface area contributed by atoms with Crippen LogP contribution in [0, 0.1) is 6.92 Å². The molecule has 0 aliphatic carbocycles. The van der Waals surface area contributed by atoms with E-state index in [4.69, 9.17) is 23.7 Å². The Hall–Kier alpha value is -4.33. The zero-order chi connectivity index (χ0) is 25.2. The van der Waals surface area contributed by atoms with Gasteiger partial charge in [-0.2, -0.15) is 0 Å². The topological polar surface area (TPSA) is 97.4 Å². The molecule has 0 aliphatic rings. The van der Waals surface area contributed by atoms with Crippen LogP contribution in [0.3, 0.4) is 0 Å². The van der Waals surface area contributed by atoms with Gasteiger partial charge in [0.15, 0.2) is 6.10 Å². The number of carbonyl (C=O) groups excluding carboxylic acids is 3. The van der Waals surface area contributed by atoms with Gasteiger partial charge >= 0.3 is 17.9 Å². The molecule has 0 aliphatic heterocycles. The maximum absolute atomic E-state index is 12.6. The molecule has 0 radical (unpaired) electrons. The second-order valence-electron chi connectivity index (χ2n) is 7.55. The van der Waals surface area contributed by atoms with Crippen LogP contribution in [0.15, 0.2) is 72.8 Å². The van der Waals surface area contributed by atoms with E-state index in [1.54, 1.807) is 72.8 Å². The van der Waals surface area contributed by atoms with Gasteiger partial charge in [-0.15, -0.1) is 0 Å². The third kappa shape index (κ3) is 7.33. The second-order valence-corrected chi connectivity index (χ2v) is 7.55. The van der Waals surface area contributed by atoms with Crippen LogP contribution < -0.4 is 9.47 Å². The molecule has 0 heterocycles. The van der Waals surface area contributed by atoms with E-state index < -0.39 is 24.0 Å². The first-order chi connectivity index (χ1) is 16.9. The molecule has 1 unspecified atom stereocenters. The first-order valence-corrected chi connectivity index (χ1v) is 10.8. The molecule has 0 aromatic heterocycles. The summed E-state index contributed by atoms with van der Waals surface area (Å²) in [5, 5.41) is 0. The highest BCUT2D eigenvalue weighted by Crippen LogP contribution is 2.15. The van der Waals surface area contributed by atoms with Gasteiger partial charge in [-0.1, -0.05) is 17.7 Å². The number of hydrogen-bond donors (Lipinski definition) is 0. The summed E-state index contributed by atoms with van der Waals surface area (Å²) in [5.41, 5.74) is 1.91. The van der Waals surface area contributed by atoms with Crippen molar-refractivity contribution in [3.8, 4) is 11.5 Å². The summed E-state index contributed by atoms with van der Waals surface area (Å²) in [6, 6.07) is 19.5. The quantitative estimate of drug-likeness (QED) is 0.315. The summed E-state index contributed by atoms with van der Waals surface area (Å²) in [5.74, 6) is -0.695. The Kier molecular flexibility index (Phi) is 8.83. The predicted molar refractivity (Wildman–Crippen MR) is 127 cm³/mol. The van der Waals surface area contributed by atoms with Crippen molar-refractivity contribution < 1.29 is 38.1 Å². The molecular weight excluding hydrogens is 452 g/mol. The fourth-order valence-corrected chi connectivity index (χ4v) is 2.98. The van der Waals surface area contributed by atoms with Gasteiger partial charge in [-0.3, -0.25) is 0 Å². The molecule has 0 fully saturated rings. The van der Waals surface area contributed by atoms with Crippen molar-refractivity contribution in [2.24, 2.45) is 0 Å². The monoisotopic (exact) mass is 478 g/mol. The predicted octanol–water partition coefficient (Wildman–Crippen LogP) is 4.25. The second kappa shape index (κ2) is 12.2. The lowest BCUT2D eigenvalue weighted by molar-refractivity contribution is -0.0253.